The molecule has 0 saturated heterocycles. The maximum atomic E-state index is 5.99. The van der Waals surface area contributed by atoms with E-state index in [-0.39, 0.29) is 5.92 Å². The van der Waals surface area contributed by atoms with E-state index in [0.717, 1.165) is 16.8 Å². The molecule has 1 aromatic heterocycles. The van der Waals surface area contributed by atoms with Gasteiger partial charge in [-0.2, -0.15) is 0 Å². The Morgan fingerprint density at radius 3 is 2.57 bits per heavy atom. The fourth-order valence-corrected chi connectivity index (χ4v) is 2.52. The molecule has 0 saturated carbocycles. The number of aryl methyl sites for hydroxylation is 1. The fraction of sp³-hybridized carbons (Fsp3) is 0.333. The van der Waals surface area contributed by atoms with Crippen LogP contribution in [-0.4, -0.2) is 17.1 Å². The lowest BCUT2D eigenvalue weighted by atomic mass is 10.0. The minimum Gasteiger partial charge on any atom is -0.496 e. The van der Waals surface area contributed by atoms with Crippen molar-refractivity contribution in [1.82, 2.24) is 9.97 Å². The predicted molar refractivity (Wildman–Crippen MR) is 85.7 cm³/mol. The second-order valence-electron chi connectivity index (χ2n) is 5.04. The molecule has 0 aliphatic rings. The Morgan fingerprint density at radius 2 is 2.00 bits per heavy atom. The smallest absolute Gasteiger partial charge is 0.165 e. The molecular formula is C15H19ClN4O. The molecule has 6 heteroatoms. The van der Waals surface area contributed by atoms with Crippen LogP contribution in [0.3, 0.4) is 0 Å². The Labute approximate surface area is 129 Å². The number of hydrazine groups is 1. The van der Waals surface area contributed by atoms with Gasteiger partial charge in [0.1, 0.15) is 11.6 Å². The first-order valence-corrected chi connectivity index (χ1v) is 7.04. The van der Waals surface area contributed by atoms with Crippen LogP contribution in [0.15, 0.2) is 18.2 Å². The standard InChI is InChI=1S/C15H19ClN4O/c1-8(2)13-9(3)18-14(19-15(13)20-17)11-6-5-10(16)7-12(11)21-4/h5-8H,17H2,1-4H3,(H,18,19,20). The van der Waals surface area contributed by atoms with Crippen molar-refractivity contribution < 1.29 is 4.74 Å². The summed E-state index contributed by atoms with van der Waals surface area (Å²) in [5.41, 5.74) is 5.33. The van der Waals surface area contributed by atoms with Crippen molar-refractivity contribution in [2.24, 2.45) is 5.84 Å². The zero-order chi connectivity index (χ0) is 15.6. The minimum atomic E-state index is 0.275. The zero-order valence-corrected chi connectivity index (χ0v) is 13.3. The number of anilines is 1. The number of nitrogens with one attached hydrogen (secondary N) is 1. The highest BCUT2D eigenvalue weighted by Gasteiger charge is 2.17. The Bertz CT molecular complexity index is 658. The van der Waals surface area contributed by atoms with E-state index in [2.05, 4.69) is 29.2 Å². The lowest BCUT2D eigenvalue weighted by molar-refractivity contribution is 0.416. The van der Waals surface area contributed by atoms with Crippen molar-refractivity contribution in [2.45, 2.75) is 26.7 Å². The van der Waals surface area contributed by atoms with E-state index in [4.69, 9.17) is 22.2 Å². The molecule has 0 atom stereocenters. The number of aromatic nitrogens is 2. The third-order valence-electron chi connectivity index (χ3n) is 3.25. The van der Waals surface area contributed by atoms with E-state index < -0.39 is 0 Å². The van der Waals surface area contributed by atoms with Crippen LogP contribution in [0.1, 0.15) is 31.0 Å². The first-order valence-electron chi connectivity index (χ1n) is 6.67. The number of benzene rings is 1. The SMILES string of the molecule is COc1cc(Cl)ccc1-c1nc(C)c(C(C)C)c(NN)n1. The summed E-state index contributed by atoms with van der Waals surface area (Å²) >= 11 is 5.99. The molecule has 0 amide bonds. The number of nitrogen functional groups attached to an aromatic ring is 1. The molecule has 0 fully saturated rings. The van der Waals surface area contributed by atoms with Gasteiger partial charge in [-0.15, -0.1) is 0 Å². The molecule has 0 aliphatic heterocycles. The quantitative estimate of drug-likeness (QED) is 0.668. The zero-order valence-electron chi connectivity index (χ0n) is 12.6. The number of rotatable bonds is 4. The molecule has 5 nitrogen and oxygen atoms in total. The van der Waals surface area contributed by atoms with Gasteiger partial charge in [-0.1, -0.05) is 25.4 Å². The Balaban J connectivity index is 2.63. The molecule has 0 unspecified atom stereocenters. The van der Waals surface area contributed by atoms with Gasteiger partial charge in [0, 0.05) is 16.3 Å². The monoisotopic (exact) mass is 306 g/mol. The molecule has 2 rings (SSSR count). The summed E-state index contributed by atoms with van der Waals surface area (Å²) in [5, 5.41) is 0.600. The van der Waals surface area contributed by atoms with Crippen LogP contribution in [0.2, 0.25) is 5.02 Å². The van der Waals surface area contributed by atoms with Crippen molar-refractivity contribution in [3.63, 3.8) is 0 Å². The average molecular weight is 307 g/mol. The van der Waals surface area contributed by atoms with Crippen LogP contribution in [0, 0.1) is 6.92 Å². The molecule has 0 spiro atoms. The molecule has 0 radical (unpaired) electrons. The molecule has 0 bridgehead atoms. The predicted octanol–water partition coefficient (Wildman–Crippen LogP) is 3.52. The van der Waals surface area contributed by atoms with Crippen LogP contribution >= 0.6 is 11.6 Å². The summed E-state index contributed by atoms with van der Waals surface area (Å²) in [6.07, 6.45) is 0. The van der Waals surface area contributed by atoms with Gasteiger partial charge in [0.15, 0.2) is 5.82 Å². The van der Waals surface area contributed by atoms with Gasteiger partial charge in [0.25, 0.3) is 0 Å². The number of nitrogens with two attached hydrogens (primary N) is 1. The molecule has 2 aromatic rings. The van der Waals surface area contributed by atoms with E-state index in [1.807, 2.05) is 13.0 Å². The second kappa shape index (κ2) is 6.28. The average Bonchev–Trinajstić information content (AvgIpc) is 2.45. The number of methoxy groups -OCH3 is 1. The van der Waals surface area contributed by atoms with E-state index in [1.165, 1.54) is 0 Å². The van der Waals surface area contributed by atoms with E-state index >= 15 is 0 Å². The molecule has 3 N–H and O–H groups in total. The number of ether oxygens (including phenoxy) is 1. The first kappa shape index (κ1) is 15.5. The Morgan fingerprint density at radius 1 is 1.29 bits per heavy atom. The molecule has 112 valence electrons. The Hall–Kier alpha value is -1.85. The molecule has 21 heavy (non-hydrogen) atoms. The highest BCUT2D eigenvalue weighted by Crippen LogP contribution is 2.33. The van der Waals surface area contributed by atoms with Crippen molar-refractivity contribution in [3.8, 4) is 17.1 Å². The fourth-order valence-electron chi connectivity index (χ4n) is 2.35. The summed E-state index contributed by atoms with van der Waals surface area (Å²) in [4.78, 5) is 9.09. The summed E-state index contributed by atoms with van der Waals surface area (Å²) in [5.74, 6) is 7.69. The largest absolute Gasteiger partial charge is 0.496 e. The number of halogens is 1. The number of nitrogens with zero attached hydrogens (tertiary/aromatic N) is 2. The molecular weight excluding hydrogens is 288 g/mol. The van der Waals surface area contributed by atoms with Gasteiger partial charge in [-0.25, -0.2) is 15.8 Å². The summed E-state index contributed by atoms with van der Waals surface area (Å²) in [6.45, 7) is 6.11. The van der Waals surface area contributed by atoms with Gasteiger partial charge in [-0.05, 0) is 31.0 Å². The first-order chi connectivity index (χ1) is 9.97. The van der Waals surface area contributed by atoms with Gasteiger partial charge >= 0.3 is 0 Å². The van der Waals surface area contributed by atoms with Gasteiger partial charge in [0.05, 0.1) is 12.7 Å². The van der Waals surface area contributed by atoms with Crippen LogP contribution in [0.4, 0.5) is 5.82 Å². The molecule has 1 aromatic carbocycles. The van der Waals surface area contributed by atoms with E-state index in [0.29, 0.717) is 22.4 Å². The van der Waals surface area contributed by atoms with E-state index in [9.17, 15) is 0 Å². The Kier molecular flexibility index (Phi) is 4.65. The van der Waals surface area contributed by atoms with Crippen molar-refractivity contribution in [1.29, 1.82) is 0 Å². The third-order valence-corrected chi connectivity index (χ3v) is 3.49. The van der Waals surface area contributed by atoms with Crippen molar-refractivity contribution in [3.05, 3.63) is 34.5 Å². The van der Waals surface area contributed by atoms with Crippen LogP contribution in [0.25, 0.3) is 11.4 Å². The highest BCUT2D eigenvalue weighted by molar-refractivity contribution is 6.30. The van der Waals surface area contributed by atoms with Gasteiger partial charge in [0.2, 0.25) is 0 Å². The van der Waals surface area contributed by atoms with E-state index in [1.54, 1.807) is 19.2 Å². The molecule has 1 heterocycles. The van der Waals surface area contributed by atoms with Crippen LogP contribution in [0.5, 0.6) is 5.75 Å². The number of hydrogen-bond acceptors (Lipinski definition) is 5. The van der Waals surface area contributed by atoms with Crippen molar-refractivity contribution in [2.75, 3.05) is 12.5 Å². The van der Waals surface area contributed by atoms with Crippen LogP contribution in [-0.2, 0) is 0 Å². The van der Waals surface area contributed by atoms with Gasteiger partial charge < -0.3 is 10.2 Å². The minimum absolute atomic E-state index is 0.275. The summed E-state index contributed by atoms with van der Waals surface area (Å²) in [7, 11) is 1.59. The summed E-state index contributed by atoms with van der Waals surface area (Å²) in [6, 6.07) is 5.36. The lowest BCUT2D eigenvalue weighted by Crippen LogP contribution is -2.14. The lowest BCUT2D eigenvalue weighted by Gasteiger charge is -2.16. The second-order valence-corrected chi connectivity index (χ2v) is 5.47. The van der Waals surface area contributed by atoms with Gasteiger partial charge in [-0.3, -0.25) is 0 Å². The normalized spacial score (nSPS) is 10.8. The summed E-state index contributed by atoms with van der Waals surface area (Å²) < 4.78 is 5.36. The maximum Gasteiger partial charge on any atom is 0.165 e. The topological polar surface area (TPSA) is 73.1 Å². The van der Waals surface area contributed by atoms with Crippen molar-refractivity contribution >= 4 is 17.4 Å². The van der Waals surface area contributed by atoms with Crippen LogP contribution < -0.4 is 16.0 Å². The maximum absolute atomic E-state index is 5.99. The number of hydrogen-bond donors (Lipinski definition) is 2. The highest BCUT2D eigenvalue weighted by atomic mass is 35.5. The third kappa shape index (κ3) is 3.09. The molecule has 0 aliphatic carbocycles.